The van der Waals surface area contributed by atoms with Crippen molar-refractivity contribution in [3.63, 3.8) is 0 Å². The van der Waals surface area contributed by atoms with Crippen LogP contribution in [0.3, 0.4) is 0 Å². The van der Waals surface area contributed by atoms with E-state index in [0.29, 0.717) is 30.6 Å². The third-order valence-corrected chi connectivity index (χ3v) is 4.52. The standard InChI is InChI=1S/C17H25N3O4S/c1-12(14-6-3-4-7-15(14)20-25(2,23)24)19-16(21)8-5-11-18-17(22)13-9-10-13/h3-4,6-7,12-13,20H,5,8-11H2,1-2H3,(H,18,22)(H,19,21). The molecule has 138 valence electrons. The maximum Gasteiger partial charge on any atom is 0.229 e. The third kappa shape index (κ3) is 6.74. The minimum Gasteiger partial charge on any atom is -0.356 e. The molecule has 1 aliphatic carbocycles. The molecule has 1 unspecified atom stereocenters. The SMILES string of the molecule is CC(NC(=O)CCCNC(=O)C1CC1)c1ccccc1NS(C)(=O)=O. The van der Waals surface area contributed by atoms with Gasteiger partial charge in [-0.2, -0.15) is 0 Å². The second-order valence-electron chi connectivity index (χ2n) is 6.42. The largest absolute Gasteiger partial charge is 0.356 e. The predicted molar refractivity (Wildman–Crippen MR) is 96.4 cm³/mol. The summed E-state index contributed by atoms with van der Waals surface area (Å²) >= 11 is 0. The van der Waals surface area contributed by atoms with Gasteiger partial charge in [0.05, 0.1) is 18.0 Å². The van der Waals surface area contributed by atoms with Crippen LogP contribution in [0.5, 0.6) is 0 Å². The van der Waals surface area contributed by atoms with Gasteiger partial charge in [-0.15, -0.1) is 0 Å². The van der Waals surface area contributed by atoms with Crippen LogP contribution in [0.25, 0.3) is 0 Å². The van der Waals surface area contributed by atoms with Crippen molar-refractivity contribution in [3.05, 3.63) is 29.8 Å². The number of benzene rings is 1. The zero-order chi connectivity index (χ0) is 18.4. The maximum absolute atomic E-state index is 12.1. The van der Waals surface area contributed by atoms with E-state index in [1.807, 2.05) is 0 Å². The lowest BCUT2D eigenvalue weighted by atomic mass is 10.1. The summed E-state index contributed by atoms with van der Waals surface area (Å²) in [5.41, 5.74) is 1.15. The maximum atomic E-state index is 12.1. The van der Waals surface area contributed by atoms with Gasteiger partial charge >= 0.3 is 0 Å². The summed E-state index contributed by atoms with van der Waals surface area (Å²) in [4.78, 5) is 23.5. The molecule has 0 heterocycles. The van der Waals surface area contributed by atoms with Crippen LogP contribution >= 0.6 is 0 Å². The number of rotatable bonds is 9. The van der Waals surface area contributed by atoms with Gasteiger partial charge in [-0.1, -0.05) is 18.2 Å². The Kier molecular flexibility index (Phi) is 6.41. The van der Waals surface area contributed by atoms with Gasteiger partial charge < -0.3 is 10.6 Å². The van der Waals surface area contributed by atoms with Crippen molar-refractivity contribution in [2.24, 2.45) is 5.92 Å². The molecule has 2 rings (SSSR count). The van der Waals surface area contributed by atoms with Gasteiger partial charge in [0.1, 0.15) is 0 Å². The molecule has 2 amide bonds. The molecule has 0 aromatic heterocycles. The Morgan fingerprint density at radius 1 is 1.24 bits per heavy atom. The first kappa shape index (κ1) is 19.2. The Labute approximate surface area is 148 Å². The second kappa shape index (κ2) is 8.33. The molecule has 1 aromatic carbocycles. The highest BCUT2D eigenvalue weighted by Crippen LogP contribution is 2.28. The number of anilines is 1. The summed E-state index contributed by atoms with van der Waals surface area (Å²) in [6.45, 7) is 2.29. The lowest BCUT2D eigenvalue weighted by Crippen LogP contribution is -2.30. The summed E-state index contributed by atoms with van der Waals surface area (Å²) < 4.78 is 25.4. The molecule has 1 atom stereocenters. The number of amides is 2. The minimum atomic E-state index is -3.39. The van der Waals surface area contributed by atoms with E-state index in [1.54, 1.807) is 31.2 Å². The number of para-hydroxylation sites is 1. The van der Waals surface area contributed by atoms with Gasteiger partial charge in [-0.3, -0.25) is 14.3 Å². The summed E-state index contributed by atoms with van der Waals surface area (Å²) in [7, 11) is -3.39. The predicted octanol–water partition coefficient (Wildman–Crippen LogP) is 1.54. The van der Waals surface area contributed by atoms with Crippen molar-refractivity contribution in [2.45, 2.75) is 38.6 Å². The smallest absolute Gasteiger partial charge is 0.229 e. The molecule has 0 bridgehead atoms. The molecular weight excluding hydrogens is 342 g/mol. The van der Waals surface area contributed by atoms with E-state index in [1.165, 1.54) is 0 Å². The topological polar surface area (TPSA) is 104 Å². The van der Waals surface area contributed by atoms with Gasteiger partial charge in [-0.25, -0.2) is 8.42 Å². The number of sulfonamides is 1. The van der Waals surface area contributed by atoms with Crippen molar-refractivity contribution >= 4 is 27.5 Å². The number of hydrogen-bond donors (Lipinski definition) is 3. The van der Waals surface area contributed by atoms with E-state index in [9.17, 15) is 18.0 Å². The fourth-order valence-electron chi connectivity index (χ4n) is 2.51. The van der Waals surface area contributed by atoms with Crippen LogP contribution in [0.4, 0.5) is 5.69 Å². The molecule has 1 aliphatic rings. The molecule has 0 saturated heterocycles. The van der Waals surface area contributed by atoms with Crippen molar-refractivity contribution in [1.82, 2.24) is 10.6 Å². The van der Waals surface area contributed by atoms with Crippen molar-refractivity contribution < 1.29 is 18.0 Å². The molecule has 1 saturated carbocycles. The van der Waals surface area contributed by atoms with Crippen LogP contribution < -0.4 is 15.4 Å². The minimum absolute atomic E-state index is 0.0783. The van der Waals surface area contributed by atoms with E-state index in [0.717, 1.165) is 19.1 Å². The van der Waals surface area contributed by atoms with E-state index in [4.69, 9.17) is 0 Å². The molecule has 8 heteroatoms. The van der Waals surface area contributed by atoms with Crippen molar-refractivity contribution in [2.75, 3.05) is 17.5 Å². The first-order valence-corrected chi connectivity index (χ1v) is 10.3. The summed E-state index contributed by atoms with van der Waals surface area (Å²) in [5, 5.41) is 5.68. The summed E-state index contributed by atoms with van der Waals surface area (Å²) in [6.07, 6.45) is 3.88. The van der Waals surface area contributed by atoms with Gasteiger partial charge in [-0.05, 0) is 37.8 Å². The average Bonchev–Trinajstić information content (AvgIpc) is 3.35. The van der Waals surface area contributed by atoms with Gasteiger partial charge in [0.2, 0.25) is 21.8 Å². The highest BCUT2D eigenvalue weighted by molar-refractivity contribution is 7.92. The summed E-state index contributed by atoms with van der Waals surface area (Å²) in [5.74, 6) is 0.115. The Morgan fingerprint density at radius 2 is 1.92 bits per heavy atom. The fourth-order valence-corrected chi connectivity index (χ4v) is 3.09. The highest BCUT2D eigenvalue weighted by Gasteiger charge is 2.29. The number of carbonyl (C=O) groups is 2. The van der Waals surface area contributed by atoms with Crippen LogP contribution in [0, 0.1) is 5.92 Å². The third-order valence-electron chi connectivity index (χ3n) is 3.93. The number of carbonyl (C=O) groups excluding carboxylic acids is 2. The van der Waals surface area contributed by atoms with Crippen molar-refractivity contribution in [1.29, 1.82) is 0 Å². The van der Waals surface area contributed by atoms with Crippen molar-refractivity contribution in [3.8, 4) is 0 Å². The monoisotopic (exact) mass is 367 g/mol. The van der Waals surface area contributed by atoms with E-state index in [2.05, 4.69) is 15.4 Å². The second-order valence-corrected chi connectivity index (χ2v) is 8.17. The van der Waals surface area contributed by atoms with Crippen LogP contribution in [0.2, 0.25) is 0 Å². The average molecular weight is 367 g/mol. The Bertz CT molecular complexity index is 729. The Balaban J connectivity index is 1.81. The Morgan fingerprint density at radius 3 is 2.56 bits per heavy atom. The molecule has 7 nitrogen and oxygen atoms in total. The van der Waals surface area contributed by atoms with E-state index in [-0.39, 0.29) is 23.8 Å². The lowest BCUT2D eigenvalue weighted by molar-refractivity contribution is -0.123. The molecule has 25 heavy (non-hydrogen) atoms. The fraction of sp³-hybridized carbons (Fsp3) is 0.529. The van der Waals surface area contributed by atoms with Gasteiger partial charge in [0.25, 0.3) is 0 Å². The van der Waals surface area contributed by atoms with E-state index >= 15 is 0 Å². The molecule has 0 spiro atoms. The molecular formula is C17H25N3O4S. The normalized spacial score (nSPS) is 15.3. The Hall–Kier alpha value is -2.09. The van der Waals surface area contributed by atoms with Crippen LogP contribution in [0.1, 0.15) is 44.2 Å². The van der Waals surface area contributed by atoms with Gasteiger partial charge in [0, 0.05) is 18.9 Å². The zero-order valence-corrected chi connectivity index (χ0v) is 15.4. The molecule has 1 fully saturated rings. The van der Waals surface area contributed by atoms with Crippen LogP contribution in [-0.4, -0.2) is 33.0 Å². The molecule has 3 N–H and O–H groups in total. The molecule has 1 aromatic rings. The lowest BCUT2D eigenvalue weighted by Gasteiger charge is -2.18. The zero-order valence-electron chi connectivity index (χ0n) is 14.5. The first-order chi connectivity index (χ1) is 11.8. The molecule has 0 aliphatic heterocycles. The quantitative estimate of drug-likeness (QED) is 0.576. The highest BCUT2D eigenvalue weighted by atomic mass is 32.2. The number of hydrogen-bond acceptors (Lipinski definition) is 4. The van der Waals surface area contributed by atoms with Gasteiger partial charge in [0.15, 0.2) is 0 Å². The van der Waals surface area contributed by atoms with Crippen LogP contribution in [-0.2, 0) is 19.6 Å². The first-order valence-electron chi connectivity index (χ1n) is 8.40. The number of nitrogens with one attached hydrogen (secondary N) is 3. The van der Waals surface area contributed by atoms with Crippen LogP contribution in [0.15, 0.2) is 24.3 Å². The molecule has 0 radical (unpaired) electrons. The summed E-state index contributed by atoms with van der Waals surface area (Å²) in [6, 6.07) is 6.62. The van der Waals surface area contributed by atoms with E-state index < -0.39 is 10.0 Å².